The number of rotatable bonds is 15. The van der Waals surface area contributed by atoms with E-state index < -0.39 is 76.7 Å². The van der Waals surface area contributed by atoms with Gasteiger partial charge >= 0.3 is 24.2 Å². The molecular weight excluding hydrogens is 793 g/mol. The Bertz CT molecular complexity index is 1850. The van der Waals surface area contributed by atoms with E-state index in [1.807, 2.05) is 0 Å². The maximum absolute atomic E-state index is 13.4. The fourth-order valence-electron chi connectivity index (χ4n) is 4.79. The van der Waals surface area contributed by atoms with E-state index >= 15 is 0 Å². The maximum Gasteiger partial charge on any atom is 0.414 e. The van der Waals surface area contributed by atoms with E-state index in [2.05, 4.69) is 31.6 Å². The Labute approximate surface area is 357 Å². The zero-order chi connectivity index (χ0) is 46.2. The molecule has 61 heavy (non-hydrogen) atoms. The average molecular weight is 855 g/mol. The normalized spacial score (nSPS) is 12.1. The smallest absolute Gasteiger partial charge is 0.414 e. The summed E-state index contributed by atoms with van der Waals surface area (Å²) in [5.41, 5.74) is -2.47. The summed E-state index contributed by atoms with van der Waals surface area (Å²) in [6.45, 7) is 20.9. The first-order valence-electron chi connectivity index (χ1n) is 19.8. The number of nitrogens with one attached hydrogen (secondary N) is 5. The Hall–Kier alpha value is -6.20. The topological polar surface area (TPSA) is 238 Å². The second-order valence-corrected chi connectivity index (χ2v) is 17.7. The third-order valence-electron chi connectivity index (χ3n) is 7.05. The predicted octanol–water partition coefficient (Wildman–Crippen LogP) is 6.84. The predicted molar refractivity (Wildman–Crippen MR) is 228 cm³/mol. The summed E-state index contributed by atoms with van der Waals surface area (Å²) in [7, 11) is 0. The maximum atomic E-state index is 13.4. The van der Waals surface area contributed by atoms with Crippen molar-refractivity contribution in [3.05, 3.63) is 54.1 Å². The Morgan fingerprint density at radius 3 is 1.74 bits per heavy atom. The molecule has 0 aliphatic carbocycles. The van der Waals surface area contributed by atoms with Gasteiger partial charge in [-0.2, -0.15) is 0 Å². The number of hydrogen-bond acceptors (Lipinski definition) is 13. The molecule has 0 saturated heterocycles. The molecular formula is C43H62N6O12. The second-order valence-electron chi connectivity index (χ2n) is 17.7. The van der Waals surface area contributed by atoms with E-state index in [4.69, 9.17) is 23.7 Å². The molecule has 2 aromatic carbocycles. The molecule has 1 atom stereocenters. The standard InChI is InChI=1S/C43H62N6O12/c1-40(2,3)58-34(52)26-31(35(53)45-28-17-19-30(20-18-28)57-24-14-23-44-37(54)59-41(4,5)6)47-33(51)22-21-32(50)27-15-13-16-29(25-27)46-36(48-38(55)60-42(7,8)9)49-39(56)61-43(10,11)12/h13,15-20,25,31H,14,21-24,26H2,1-12H3,(H,44,54)(H,45,53)(H,47,51)(H2,46,48,49,55,56)/t31-/m0/s1. The molecule has 5 amide bonds. The van der Waals surface area contributed by atoms with E-state index in [0.29, 0.717) is 31.0 Å². The Morgan fingerprint density at radius 1 is 0.656 bits per heavy atom. The van der Waals surface area contributed by atoms with Gasteiger partial charge in [-0.25, -0.2) is 19.4 Å². The summed E-state index contributed by atoms with van der Waals surface area (Å²) >= 11 is 0. The average Bonchev–Trinajstić information content (AvgIpc) is 3.07. The third kappa shape index (κ3) is 23.2. The van der Waals surface area contributed by atoms with Gasteiger partial charge in [0.25, 0.3) is 0 Å². The number of hydrogen-bond donors (Lipinski definition) is 5. The number of Topliss-reactive ketones (excluding diaryl/α,β-unsaturated/α-hetero) is 1. The van der Waals surface area contributed by atoms with Gasteiger partial charge in [0, 0.05) is 30.6 Å². The first kappa shape index (κ1) is 50.9. The van der Waals surface area contributed by atoms with Gasteiger partial charge in [0.1, 0.15) is 34.2 Å². The number of ketones is 1. The summed E-state index contributed by atoms with van der Waals surface area (Å²) in [6.07, 6.45) is -2.91. The van der Waals surface area contributed by atoms with Crippen LogP contribution in [0.5, 0.6) is 5.75 Å². The number of benzene rings is 2. The quantitative estimate of drug-likeness (QED) is 0.0309. The van der Waals surface area contributed by atoms with Gasteiger partial charge in [-0.3, -0.25) is 29.8 Å². The number of ether oxygens (including phenoxy) is 5. The third-order valence-corrected chi connectivity index (χ3v) is 7.05. The highest BCUT2D eigenvalue weighted by Gasteiger charge is 2.28. The zero-order valence-electron chi connectivity index (χ0n) is 37.3. The molecule has 0 saturated carbocycles. The lowest BCUT2D eigenvalue weighted by molar-refractivity contribution is -0.156. The van der Waals surface area contributed by atoms with Gasteiger partial charge in [0.15, 0.2) is 5.78 Å². The second kappa shape index (κ2) is 22.4. The van der Waals surface area contributed by atoms with Crippen LogP contribution in [0.25, 0.3) is 0 Å². The lowest BCUT2D eigenvalue weighted by Crippen LogP contribution is -2.47. The zero-order valence-corrected chi connectivity index (χ0v) is 37.3. The number of alkyl carbamates (subject to hydrolysis) is 3. The van der Waals surface area contributed by atoms with Crippen molar-refractivity contribution in [3.8, 4) is 5.75 Å². The van der Waals surface area contributed by atoms with Crippen molar-refractivity contribution in [2.24, 2.45) is 4.99 Å². The molecule has 0 fully saturated rings. The molecule has 0 unspecified atom stereocenters. The molecule has 0 bridgehead atoms. The van der Waals surface area contributed by atoms with E-state index in [9.17, 15) is 33.6 Å². The molecule has 0 spiro atoms. The van der Waals surface area contributed by atoms with Crippen LogP contribution >= 0.6 is 0 Å². The molecule has 0 aliphatic rings. The number of nitrogens with zero attached hydrogens (tertiary/aromatic N) is 1. The highest BCUT2D eigenvalue weighted by molar-refractivity contribution is 6.03. The fourth-order valence-corrected chi connectivity index (χ4v) is 4.79. The lowest BCUT2D eigenvalue weighted by Gasteiger charge is -2.22. The molecule has 0 aliphatic heterocycles. The van der Waals surface area contributed by atoms with Crippen LogP contribution in [-0.2, 0) is 33.3 Å². The number of esters is 1. The van der Waals surface area contributed by atoms with Gasteiger partial charge in [-0.1, -0.05) is 12.1 Å². The summed E-state index contributed by atoms with van der Waals surface area (Å²) in [4.78, 5) is 93.7. The first-order valence-corrected chi connectivity index (χ1v) is 19.8. The van der Waals surface area contributed by atoms with Crippen molar-refractivity contribution in [1.82, 2.24) is 21.3 Å². The number of carbonyl (C=O) groups excluding carboxylic acids is 7. The van der Waals surface area contributed by atoms with Crippen molar-refractivity contribution in [2.45, 2.75) is 137 Å². The van der Waals surface area contributed by atoms with Crippen molar-refractivity contribution < 1.29 is 57.2 Å². The summed E-state index contributed by atoms with van der Waals surface area (Å²) < 4.78 is 26.8. The van der Waals surface area contributed by atoms with Gasteiger partial charge in [-0.05, 0) is 126 Å². The molecule has 0 radical (unpaired) electrons. The SMILES string of the molecule is CC(C)(C)OC(=O)C[C@H](NC(=O)CCC(=O)c1cccc(N=C(NC(=O)OC(C)(C)C)NC(=O)OC(C)(C)C)c1)C(=O)Nc1ccc(OCCCNC(=O)OC(C)(C)C)cc1. The number of carbonyl (C=O) groups is 7. The van der Waals surface area contributed by atoms with Gasteiger partial charge in [-0.15, -0.1) is 0 Å². The minimum Gasteiger partial charge on any atom is -0.494 e. The van der Waals surface area contributed by atoms with Crippen molar-refractivity contribution in [1.29, 1.82) is 0 Å². The van der Waals surface area contributed by atoms with E-state index in [1.165, 1.54) is 24.3 Å². The number of anilines is 1. The minimum absolute atomic E-state index is 0.163. The first-order chi connectivity index (χ1) is 28.1. The van der Waals surface area contributed by atoms with E-state index in [1.54, 1.807) is 107 Å². The highest BCUT2D eigenvalue weighted by Crippen LogP contribution is 2.19. The molecule has 2 rings (SSSR count). The van der Waals surface area contributed by atoms with Crippen LogP contribution in [-0.4, -0.2) is 89.4 Å². The molecule has 18 heteroatoms. The summed E-state index contributed by atoms with van der Waals surface area (Å²) in [6, 6.07) is 11.0. The summed E-state index contributed by atoms with van der Waals surface area (Å²) in [5, 5.41) is 12.6. The minimum atomic E-state index is -1.35. The van der Waals surface area contributed by atoms with Crippen molar-refractivity contribution in [2.75, 3.05) is 18.5 Å². The van der Waals surface area contributed by atoms with E-state index in [0.717, 1.165) is 0 Å². The van der Waals surface area contributed by atoms with Gasteiger partial charge < -0.3 is 39.6 Å². The van der Waals surface area contributed by atoms with Crippen LogP contribution in [0.1, 0.15) is 119 Å². The van der Waals surface area contributed by atoms with Crippen LogP contribution in [0.3, 0.4) is 0 Å². The molecule has 5 N–H and O–H groups in total. The molecule has 0 aromatic heterocycles. The van der Waals surface area contributed by atoms with Crippen LogP contribution in [0.4, 0.5) is 25.8 Å². The van der Waals surface area contributed by atoms with E-state index in [-0.39, 0.29) is 30.1 Å². The molecule has 0 heterocycles. The largest absolute Gasteiger partial charge is 0.494 e. The molecule has 18 nitrogen and oxygen atoms in total. The Kier molecular flexibility index (Phi) is 18.7. The number of amides is 5. The van der Waals surface area contributed by atoms with Gasteiger partial charge in [0.2, 0.25) is 17.8 Å². The molecule has 2 aromatic rings. The number of guanidine groups is 1. The van der Waals surface area contributed by atoms with Crippen LogP contribution < -0.4 is 31.3 Å². The van der Waals surface area contributed by atoms with Crippen molar-refractivity contribution in [3.63, 3.8) is 0 Å². The monoisotopic (exact) mass is 854 g/mol. The van der Waals surface area contributed by atoms with Gasteiger partial charge in [0.05, 0.1) is 18.7 Å². The van der Waals surface area contributed by atoms with Crippen LogP contribution in [0.15, 0.2) is 53.5 Å². The summed E-state index contributed by atoms with van der Waals surface area (Å²) in [5.74, 6) is -2.38. The van der Waals surface area contributed by atoms with Crippen molar-refractivity contribution >= 4 is 59.2 Å². The lowest BCUT2D eigenvalue weighted by atomic mass is 10.1. The van der Waals surface area contributed by atoms with Crippen LogP contribution in [0.2, 0.25) is 0 Å². The van der Waals surface area contributed by atoms with Crippen LogP contribution in [0, 0.1) is 0 Å². The Morgan fingerprint density at radius 2 is 1.20 bits per heavy atom. The molecule has 336 valence electrons. The fraction of sp³-hybridized carbons (Fsp3) is 0.535. The number of aliphatic imine (C=N–C) groups is 1. The highest BCUT2D eigenvalue weighted by atomic mass is 16.6. The Balaban J connectivity index is 2.10.